The highest BCUT2D eigenvalue weighted by molar-refractivity contribution is 5.93. The molecule has 1 aliphatic carbocycles. The van der Waals surface area contributed by atoms with Crippen molar-refractivity contribution in [3.63, 3.8) is 0 Å². The van der Waals surface area contributed by atoms with Crippen LogP contribution in [-0.2, 0) is 9.59 Å². The zero-order chi connectivity index (χ0) is 10.2. The normalized spacial score (nSPS) is 25.6. The summed E-state index contributed by atoms with van der Waals surface area (Å²) in [5.41, 5.74) is 0.00877. The van der Waals surface area contributed by atoms with E-state index in [9.17, 15) is 9.59 Å². The van der Waals surface area contributed by atoms with E-state index in [1.807, 2.05) is 0 Å². The Morgan fingerprint density at radius 2 is 2.14 bits per heavy atom. The first-order valence-corrected chi connectivity index (χ1v) is 5.25. The van der Waals surface area contributed by atoms with E-state index in [0.29, 0.717) is 0 Å². The molecule has 0 bridgehead atoms. The van der Waals surface area contributed by atoms with Crippen LogP contribution in [0.1, 0.15) is 32.6 Å². The van der Waals surface area contributed by atoms with Gasteiger partial charge in [-0.2, -0.15) is 0 Å². The van der Waals surface area contributed by atoms with Crippen molar-refractivity contribution in [3.8, 4) is 0 Å². The molecule has 4 heteroatoms. The SMILES string of the molecule is CCC1(N2CC(=O)NCC2=O)CCC1. The predicted octanol–water partition coefficient (Wildman–Crippen LogP) is 0.277. The van der Waals surface area contributed by atoms with Crippen molar-refractivity contribution < 1.29 is 9.59 Å². The van der Waals surface area contributed by atoms with Gasteiger partial charge in [-0.15, -0.1) is 0 Å². The van der Waals surface area contributed by atoms with Crippen LogP contribution >= 0.6 is 0 Å². The molecule has 1 aliphatic heterocycles. The van der Waals surface area contributed by atoms with Crippen molar-refractivity contribution in [3.05, 3.63) is 0 Å². The van der Waals surface area contributed by atoms with Crippen LogP contribution in [0.25, 0.3) is 0 Å². The van der Waals surface area contributed by atoms with Gasteiger partial charge < -0.3 is 10.2 Å². The molecule has 2 fully saturated rings. The molecule has 0 spiro atoms. The molecule has 2 amide bonds. The fourth-order valence-electron chi connectivity index (χ4n) is 2.39. The zero-order valence-electron chi connectivity index (χ0n) is 8.51. The van der Waals surface area contributed by atoms with Gasteiger partial charge in [0.2, 0.25) is 11.8 Å². The molecule has 1 saturated carbocycles. The van der Waals surface area contributed by atoms with Gasteiger partial charge in [-0.05, 0) is 25.7 Å². The van der Waals surface area contributed by atoms with Gasteiger partial charge >= 0.3 is 0 Å². The molecule has 0 unspecified atom stereocenters. The Hall–Kier alpha value is -1.06. The van der Waals surface area contributed by atoms with Gasteiger partial charge in [-0.1, -0.05) is 6.92 Å². The molecular formula is C10H16N2O2. The first-order valence-electron chi connectivity index (χ1n) is 5.25. The molecule has 2 rings (SSSR count). The standard InChI is InChI=1S/C10H16N2O2/c1-2-10(4-3-5-10)12-7-8(13)11-6-9(12)14/h2-7H2,1H3,(H,11,13). The minimum absolute atomic E-state index is 0.00877. The van der Waals surface area contributed by atoms with Crippen LogP contribution in [0.4, 0.5) is 0 Å². The molecule has 0 radical (unpaired) electrons. The van der Waals surface area contributed by atoms with Crippen LogP contribution < -0.4 is 5.32 Å². The third-order valence-electron chi connectivity index (χ3n) is 3.55. The number of rotatable bonds is 2. The molecule has 2 aliphatic rings. The molecule has 1 saturated heterocycles. The van der Waals surface area contributed by atoms with E-state index in [0.717, 1.165) is 19.3 Å². The summed E-state index contributed by atoms with van der Waals surface area (Å²) in [6.45, 7) is 2.53. The number of nitrogens with one attached hydrogen (secondary N) is 1. The maximum atomic E-state index is 11.6. The van der Waals surface area contributed by atoms with Crippen LogP contribution in [0.5, 0.6) is 0 Å². The molecule has 0 aromatic carbocycles. The van der Waals surface area contributed by atoms with E-state index in [1.165, 1.54) is 6.42 Å². The predicted molar refractivity (Wildman–Crippen MR) is 51.6 cm³/mol. The molecule has 1 heterocycles. The molecule has 0 aromatic heterocycles. The monoisotopic (exact) mass is 196 g/mol. The molecule has 78 valence electrons. The summed E-state index contributed by atoms with van der Waals surface area (Å²) in [5.74, 6) is 0.0514. The number of amides is 2. The second-order valence-electron chi connectivity index (χ2n) is 4.19. The molecule has 0 aromatic rings. The van der Waals surface area contributed by atoms with Crippen molar-refractivity contribution in [1.29, 1.82) is 0 Å². The average molecular weight is 196 g/mol. The van der Waals surface area contributed by atoms with E-state index >= 15 is 0 Å². The van der Waals surface area contributed by atoms with Gasteiger partial charge in [-0.3, -0.25) is 9.59 Å². The van der Waals surface area contributed by atoms with Gasteiger partial charge in [-0.25, -0.2) is 0 Å². The second kappa shape index (κ2) is 3.26. The number of piperazine rings is 1. The second-order valence-corrected chi connectivity index (χ2v) is 4.19. The smallest absolute Gasteiger partial charge is 0.242 e. The third-order valence-corrected chi connectivity index (χ3v) is 3.55. The molecule has 4 nitrogen and oxygen atoms in total. The Bertz CT molecular complexity index is 266. The average Bonchev–Trinajstić information content (AvgIpc) is 2.10. The quantitative estimate of drug-likeness (QED) is 0.689. The first kappa shape index (κ1) is 9.49. The number of carbonyl (C=O) groups is 2. The van der Waals surface area contributed by atoms with E-state index in [4.69, 9.17) is 0 Å². The van der Waals surface area contributed by atoms with E-state index < -0.39 is 0 Å². The van der Waals surface area contributed by atoms with Crippen LogP contribution in [0.3, 0.4) is 0 Å². The zero-order valence-corrected chi connectivity index (χ0v) is 8.51. The van der Waals surface area contributed by atoms with Crippen LogP contribution in [-0.4, -0.2) is 35.3 Å². The maximum Gasteiger partial charge on any atom is 0.242 e. The van der Waals surface area contributed by atoms with Crippen molar-refractivity contribution in [2.45, 2.75) is 38.1 Å². The number of carbonyl (C=O) groups excluding carboxylic acids is 2. The molecule has 14 heavy (non-hydrogen) atoms. The lowest BCUT2D eigenvalue weighted by atomic mass is 9.73. The molecule has 0 atom stereocenters. The van der Waals surface area contributed by atoms with Gasteiger partial charge in [0.25, 0.3) is 0 Å². The van der Waals surface area contributed by atoms with E-state index in [1.54, 1.807) is 4.90 Å². The maximum absolute atomic E-state index is 11.6. The van der Waals surface area contributed by atoms with E-state index in [-0.39, 0.29) is 30.4 Å². The van der Waals surface area contributed by atoms with Crippen LogP contribution in [0, 0.1) is 0 Å². The first-order chi connectivity index (χ1) is 6.68. The van der Waals surface area contributed by atoms with Crippen molar-refractivity contribution >= 4 is 11.8 Å². The lowest BCUT2D eigenvalue weighted by Gasteiger charge is -2.51. The summed E-state index contributed by atoms with van der Waals surface area (Å²) in [6.07, 6.45) is 4.26. The lowest BCUT2D eigenvalue weighted by Crippen LogP contribution is -2.63. The van der Waals surface area contributed by atoms with Crippen molar-refractivity contribution in [1.82, 2.24) is 10.2 Å². The van der Waals surface area contributed by atoms with E-state index in [2.05, 4.69) is 12.2 Å². The third kappa shape index (κ3) is 1.29. The number of nitrogens with zero attached hydrogens (tertiary/aromatic N) is 1. The summed E-state index contributed by atoms with van der Waals surface area (Å²) in [4.78, 5) is 24.7. The minimum Gasteiger partial charge on any atom is -0.345 e. The summed E-state index contributed by atoms with van der Waals surface area (Å²) >= 11 is 0. The highest BCUT2D eigenvalue weighted by Crippen LogP contribution is 2.40. The van der Waals surface area contributed by atoms with Gasteiger partial charge in [0.15, 0.2) is 0 Å². The summed E-state index contributed by atoms with van der Waals surface area (Å²) in [6, 6.07) is 0. The fourth-order valence-corrected chi connectivity index (χ4v) is 2.39. The summed E-state index contributed by atoms with van der Waals surface area (Å²) in [5, 5.41) is 2.58. The lowest BCUT2D eigenvalue weighted by molar-refractivity contribution is -0.151. The van der Waals surface area contributed by atoms with Gasteiger partial charge in [0.1, 0.15) is 6.54 Å². The highest BCUT2D eigenvalue weighted by Gasteiger charge is 2.45. The topological polar surface area (TPSA) is 49.4 Å². The number of hydrogen-bond donors (Lipinski definition) is 1. The van der Waals surface area contributed by atoms with Gasteiger partial charge in [0.05, 0.1) is 6.54 Å². The van der Waals surface area contributed by atoms with Gasteiger partial charge in [0, 0.05) is 5.54 Å². The summed E-state index contributed by atoms with van der Waals surface area (Å²) in [7, 11) is 0. The highest BCUT2D eigenvalue weighted by atomic mass is 16.2. The largest absolute Gasteiger partial charge is 0.345 e. The Balaban J connectivity index is 2.14. The Kier molecular flexibility index (Phi) is 2.21. The molecule has 1 N–H and O–H groups in total. The number of hydrogen-bond acceptors (Lipinski definition) is 2. The van der Waals surface area contributed by atoms with Crippen molar-refractivity contribution in [2.75, 3.05) is 13.1 Å². The van der Waals surface area contributed by atoms with Crippen molar-refractivity contribution in [2.24, 2.45) is 0 Å². The fraction of sp³-hybridized carbons (Fsp3) is 0.800. The van der Waals surface area contributed by atoms with Crippen LogP contribution in [0.15, 0.2) is 0 Å². The Morgan fingerprint density at radius 3 is 2.64 bits per heavy atom. The summed E-state index contributed by atoms with van der Waals surface area (Å²) < 4.78 is 0. The Labute approximate surface area is 83.6 Å². The molecular weight excluding hydrogens is 180 g/mol. The Morgan fingerprint density at radius 1 is 1.43 bits per heavy atom. The minimum atomic E-state index is -0.0238. The van der Waals surface area contributed by atoms with Crippen LogP contribution in [0.2, 0.25) is 0 Å².